The molecule has 0 aliphatic carbocycles. The minimum absolute atomic E-state index is 0.0378. The van der Waals surface area contributed by atoms with Crippen LogP contribution in [0.4, 0.5) is 16.3 Å². The summed E-state index contributed by atoms with van der Waals surface area (Å²) < 4.78 is 1.83. The molecule has 0 bridgehead atoms. The Labute approximate surface area is 182 Å². The summed E-state index contributed by atoms with van der Waals surface area (Å²) in [7, 11) is 0. The molecule has 7 nitrogen and oxygen atoms in total. The maximum absolute atomic E-state index is 13.1. The van der Waals surface area contributed by atoms with Crippen molar-refractivity contribution in [3.8, 4) is 0 Å². The number of aromatic nitrogens is 2. The quantitative estimate of drug-likeness (QED) is 0.657. The van der Waals surface area contributed by atoms with Crippen molar-refractivity contribution >= 4 is 28.6 Å². The molecule has 31 heavy (non-hydrogen) atoms. The smallest absolute Gasteiger partial charge is 0.319 e. The van der Waals surface area contributed by atoms with Gasteiger partial charge in [0.25, 0.3) is 5.56 Å². The number of rotatable bonds is 5. The summed E-state index contributed by atoms with van der Waals surface area (Å²) >= 11 is 0. The number of carbonyl (C=O) groups excluding carboxylic acids is 1. The molecule has 4 rings (SSSR count). The molecule has 0 atom stereocenters. The lowest BCUT2D eigenvalue weighted by atomic mass is 10.1. The van der Waals surface area contributed by atoms with Gasteiger partial charge in [0.2, 0.25) is 0 Å². The Kier molecular flexibility index (Phi) is 6.21. The zero-order valence-electron chi connectivity index (χ0n) is 18.1. The van der Waals surface area contributed by atoms with Crippen LogP contribution in [0.2, 0.25) is 0 Å². The van der Waals surface area contributed by atoms with Crippen molar-refractivity contribution < 1.29 is 4.79 Å². The molecule has 3 aromatic rings. The molecule has 1 fully saturated rings. The van der Waals surface area contributed by atoms with Gasteiger partial charge in [0, 0.05) is 31.4 Å². The predicted octanol–water partition coefficient (Wildman–Crippen LogP) is 3.91. The van der Waals surface area contributed by atoms with E-state index in [0.29, 0.717) is 25.5 Å². The van der Waals surface area contributed by atoms with Crippen LogP contribution in [0.25, 0.3) is 11.0 Å². The molecule has 162 valence electrons. The summed E-state index contributed by atoms with van der Waals surface area (Å²) in [6, 6.07) is 15.4. The standard InChI is InChI=1S/C24H29N5O2/c1-3-13-29-21-10-5-4-9-20(21)27-22(23(29)30)28-14-11-18(12-15-28)25-24(31)26-19-8-6-7-17(2)16-19/h4-10,16,18H,3,11-15H2,1-2H3,(H2,25,26,31). The molecule has 1 aromatic heterocycles. The van der Waals surface area contributed by atoms with Crippen molar-refractivity contribution in [1.82, 2.24) is 14.9 Å². The Hall–Kier alpha value is -3.35. The number of amides is 2. The number of fused-ring (bicyclic) bond motifs is 1. The van der Waals surface area contributed by atoms with E-state index in [1.807, 2.05) is 60.0 Å². The van der Waals surface area contributed by atoms with Crippen LogP contribution in [0, 0.1) is 6.92 Å². The van der Waals surface area contributed by atoms with Crippen LogP contribution in [-0.4, -0.2) is 34.7 Å². The van der Waals surface area contributed by atoms with Gasteiger partial charge in [0.1, 0.15) is 0 Å². The number of nitrogens with zero attached hydrogens (tertiary/aromatic N) is 3. The molecule has 0 unspecified atom stereocenters. The van der Waals surface area contributed by atoms with E-state index < -0.39 is 0 Å². The average molecular weight is 420 g/mol. The molecule has 1 aliphatic rings. The van der Waals surface area contributed by atoms with E-state index in [-0.39, 0.29) is 17.6 Å². The van der Waals surface area contributed by atoms with Crippen molar-refractivity contribution in [1.29, 1.82) is 0 Å². The zero-order valence-corrected chi connectivity index (χ0v) is 18.1. The first-order valence-electron chi connectivity index (χ1n) is 10.9. The Bertz CT molecular complexity index is 1130. The van der Waals surface area contributed by atoms with Gasteiger partial charge >= 0.3 is 6.03 Å². The highest BCUT2D eigenvalue weighted by Gasteiger charge is 2.24. The first-order chi connectivity index (χ1) is 15.0. The van der Waals surface area contributed by atoms with Crippen LogP contribution in [0.3, 0.4) is 0 Å². The summed E-state index contributed by atoms with van der Waals surface area (Å²) in [5, 5.41) is 5.95. The summed E-state index contributed by atoms with van der Waals surface area (Å²) in [5.41, 5.74) is 3.56. The lowest BCUT2D eigenvalue weighted by Crippen LogP contribution is -2.47. The topological polar surface area (TPSA) is 79.3 Å². The molecule has 2 amide bonds. The number of aryl methyl sites for hydroxylation is 2. The van der Waals surface area contributed by atoms with Crippen molar-refractivity contribution in [2.75, 3.05) is 23.3 Å². The number of carbonyl (C=O) groups is 1. The molecule has 1 aliphatic heterocycles. The number of anilines is 2. The third kappa shape index (κ3) is 4.71. The normalized spacial score (nSPS) is 14.6. The molecule has 2 aromatic carbocycles. The average Bonchev–Trinajstić information content (AvgIpc) is 2.76. The molecule has 2 heterocycles. The van der Waals surface area contributed by atoms with Crippen LogP contribution >= 0.6 is 0 Å². The highest BCUT2D eigenvalue weighted by Crippen LogP contribution is 2.19. The highest BCUT2D eigenvalue weighted by atomic mass is 16.2. The van der Waals surface area contributed by atoms with Gasteiger partial charge in [-0.1, -0.05) is 31.2 Å². The van der Waals surface area contributed by atoms with Gasteiger partial charge in [-0.2, -0.15) is 0 Å². The maximum Gasteiger partial charge on any atom is 0.319 e. The molecule has 0 radical (unpaired) electrons. The summed E-state index contributed by atoms with van der Waals surface area (Å²) in [4.78, 5) is 32.2. The van der Waals surface area contributed by atoms with E-state index in [1.54, 1.807) is 0 Å². The summed E-state index contributed by atoms with van der Waals surface area (Å²) in [6.07, 6.45) is 2.42. The van der Waals surface area contributed by atoms with Crippen LogP contribution in [0.1, 0.15) is 31.7 Å². The Morgan fingerprint density at radius 2 is 1.90 bits per heavy atom. The SMILES string of the molecule is CCCn1c(=O)c(N2CCC(NC(=O)Nc3cccc(C)c3)CC2)nc2ccccc21. The van der Waals surface area contributed by atoms with Crippen LogP contribution < -0.4 is 21.1 Å². The number of piperidine rings is 1. The van der Waals surface area contributed by atoms with E-state index in [9.17, 15) is 9.59 Å². The second-order valence-electron chi connectivity index (χ2n) is 8.11. The number of para-hydroxylation sites is 2. The van der Waals surface area contributed by atoms with E-state index in [1.165, 1.54) is 0 Å². The fourth-order valence-corrected chi connectivity index (χ4v) is 4.14. The Balaban J connectivity index is 1.43. The summed E-state index contributed by atoms with van der Waals surface area (Å²) in [5.74, 6) is 0.509. The third-order valence-corrected chi connectivity index (χ3v) is 5.69. The Morgan fingerprint density at radius 3 is 2.65 bits per heavy atom. The fourth-order valence-electron chi connectivity index (χ4n) is 4.14. The predicted molar refractivity (Wildman–Crippen MR) is 125 cm³/mol. The van der Waals surface area contributed by atoms with Crippen LogP contribution in [-0.2, 0) is 6.54 Å². The lowest BCUT2D eigenvalue weighted by molar-refractivity contribution is 0.246. The van der Waals surface area contributed by atoms with Crippen molar-refractivity contribution in [3.63, 3.8) is 0 Å². The van der Waals surface area contributed by atoms with Gasteiger partial charge in [-0.3, -0.25) is 4.79 Å². The molecule has 0 saturated carbocycles. The van der Waals surface area contributed by atoms with Gasteiger partial charge in [-0.25, -0.2) is 9.78 Å². The monoisotopic (exact) mass is 419 g/mol. The minimum atomic E-state index is -0.196. The van der Waals surface area contributed by atoms with Gasteiger partial charge in [-0.15, -0.1) is 0 Å². The number of hydrogen-bond acceptors (Lipinski definition) is 4. The number of nitrogens with one attached hydrogen (secondary N) is 2. The molecule has 1 saturated heterocycles. The van der Waals surface area contributed by atoms with Gasteiger partial charge in [0.05, 0.1) is 11.0 Å². The van der Waals surface area contributed by atoms with Gasteiger partial charge in [-0.05, 0) is 56.0 Å². The van der Waals surface area contributed by atoms with Crippen LogP contribution in [0.15, 0.2) is 53.3 Å². The summed E-state index contributed by atoms with van der Waals surface area (Å²) in [6.45, 7) is 6.10. The van der Waals surface area contributed by atoms with E-state index >= 15 is 0 Å². The minimum Gasteiger partial charge on any atom is -0.352 e. The second-order valence-corrected chi connectivity index (χ2v) is 8.11. The zero-order chi connectivity index (χ0) is 21.8. The van der Waals surface area contributed by atoms with E-state index in [2.05, 4.69) is 27.4 Å². The first-order valence-corrected chi connectivity index (χ1v) is 10.9. The van der Waals surface area contributed by atoms with Gasteiger partial charge in [0.15, 0.2) is 5.82 Å². The molecule has 0 spiro atoms. The second kappa shape index (κ2) is 9.20. The third-order valence-electron chi connectivity index (χ3n) is 5.69. The van der Waals surface area contributed by atoms with Crippen molar-refractivity contribution in [3.05, 3.63) is 64.4 Å². The van der Waals surface area contributed by atoms with Crippen LogP contribution in [0.5, 0.6) is 0 Å². The number of benzene rings is 2. The largest absolute Gasteiger partial charge is 0.352 e. The molecular weight excluding hydrogens is 390 g/mol. The number of urea groups is 1. The van der Waals surface area contributed by atoms with Crippen molar-refractivity contribution in [2.24, 2.45) is 0 Å². The Morgan fingerprint density at radius 1 is 1.13 bits per heavy atom. The van der Waals surface area contributed by atoms with E-state index in [0.717, 1.165) is 41.5 Å². The fraction of sp³-hybridized carbons (Fsp3) is 0.375. The number of hydrogen-bond donors (Lipinski definition) is 2. The maximum atomic E-state index is 13.1. The molecule has 2 N–H and O–H groups in total. The lowest BCUT2D eigenvalue weighted by Gasteiger charge is -2.33. The van der Waals surface area contributed by atoms with Crippen molar-refractivity contribution in [2.45, 2.75) is 45.7 Å². The molecular formula is C24H29N5O2. The van der Waals surface area contributed by atoms with Gasteiger partial charge < -0.3 is 20.1 Å². The molecule has 7 heteroatoms. The highest BCUT2D eigenvalue weighted by molar-refractivity contribution is 5.89. The van der Waals surface area contributed by atoms with E-state index in [4.69, 9.17) is 0 Å². The first kappa shape index (κ1) is 20.9.